The summed E-state index contributed by atoms with van der Waals surface area (Å²) in [7, 11) is -3.25. The van der Waals surface area contributed by atoms with Gasteiger partial charge in [0, 0.05) is 28.4 Å². The fourth-order valence-electron chi connectivity index (χ4n) is 2.26. The highest BCUT2D eigenvalue weighted by Crippen LogP contribution is 2.45. The summed E-state index contributed by atoms with van der Waals surface area (Å²) in [5.74, 6) is 0. The van der Waals surface area contributed by atoms with Crippen LogP contribution in [0.5, 0.6) is 0 Å². The standard InChI is InChI=1S/C18H20N5OP/c19-14-6-10-17(11-7-14)22-25(24,21-16-4-2-1-3-5-16)23-18-12-8-15(20)9-13-18/h1-13H,19-20H2,(H3,21,22,23,24). The molecule has 0 spiro atoms. The van der Waals surface area contributed by atoms with Crippen LogP contribution < -0.4 is 26.7 Å². The van der Waals surface area contributed by atoms with Crippen molar-refractivity contribution in [1.82, 2.24) is 0 Å². The van der Waals surface area contributed by atoms with Crippen LogP contribution in [0, 0.1) is 0 Å². The number of hydrogen-bond acceptors (Lipinski definition) is 3. The number of para-hydroxylation sites is 1. The molecule has 0 atom stereocenters. The zero-order valence-electron chi connectivity index (χ0n) is 13.5. The Kier molecular flexibility index (Phi) is 4.82. The second-order valence-corrected chi connectivity index (χ2v) is 7.44. The van der Waals surface area contributed by atoms with Gasteiger partial charge in [-0.15, -0.1) is 0 Å². The van der Waals surface area contributed by atoms with Crippen molar-refractivity contribution in [2.24, 2.45) is 0 Å². The Morgan fingerprint density at radius 3 is 1.32 bits per heavy atom. The van der Waals surface area contributed by atoms with Crippen molar-refractivity contribution in [1.29, 1.82) is 0 Å². The third-order valence-electron chi connectivity index (χ3n) is 3.45. The van der Waals surface area contributed by atoms with Gasteiger partial charge in [-0.2, -0.15) is 0 Å². The first-order chi connectivity index (χ1) is 12.0. The van der Waals surface area contributed by atoms with E-state index in [2.05, 4.69) is 15.3 Å². The summed E-state index contributed by atoms with van der Waals surface area (Å²) in [6.07, 6.45) is 0. The fraction of sp³-hybridized carbons (Fsp3) is 0. The van der Waals surface area contributed by atoms with E-state index in [0.717, 1.165) is 5.69 Å². The van der Waals surface area contributed by atoms with E-state index < -0.39 is 7.59 Å². The number of nitrogens with one attached hydrogen (secondary N) is 3. The van der Waals surface area contributed by atoms with Crippen molar-refractivity contribution >= 4 is 36.0 Å². The van der Waals surface area contributed by atoms with E-state index in [-0.39, 0.29) is 0 Å². The highest BCUT2D eigenvalue weighted by molar-refractivity contribution is 7.68. The Labute approximate surface area is 146 Å². The molecule has 128 valence electrons. The molecule has 0 aliphatic heterocycles. The summed E-state index contributed by atoms with van der Waals surface area (Å²) < 4.78 is 13.5. The van der Waals surface area contributed by atoms with Gasteiger partial charge in [0.15, 0.2) is 0 Å². The van der Waals surface area contributed by atoms with Gasteiger partial charge in [0.05, 0.1) is 0 Å². The molecule has 0 saturated carbocycles. The largest absolute Gasteiger partial charge is 0.399 e. The van der Waals surface area contributed by atoms with Crippen LogP contribution in [0.4, 0.5) is 28.4 Å². The second-order valence-electron chi connectivity index (χ2n) is 5.55. The maximum absolute atomic E-state index is 13.5. The minimum absolute atomic E-state index is 0.642. The van der Waals surface area contributed by atoms with E-state index in [1.807, 2.05) is 30.3 Å². The van der Waals surface area contributed by atoms with Gasteiger partial charge in [0.1, 0.15) is 0 Å². The van der Waals surface area contributed by atoms with Crippen molar-refractivity contribution in [3.63, 3.8) is 0 Å². The molecule has 0 bridgehead atoms. The van der Waals surface area contributed by atoms with Crippen LogP contribution in [-0.4, -0.2) is 0 Å². The van der Waals surface area contributed by atoms with Crippen molar-refractivity contribution in [2.45, 2.75) is 0 Å². The molecule has 0 amide bonds. The monoisotopic (exact) mass is 353 g/mol. The third-order valence-corrected chi connectivity index (χ3v) is 5.17. The molecule has 0 heterocycles. The van der Waals surface area contributed by atoms with Crippen molar-refractivity contribution in [3.8, 4) is 0 Å². The molecular formula is C18H20N5OP. The van der Waals surface area contributed by atoms with Crippen molar-refractivity contribution in [3.05, 3.63) is 78.9 Å². The van der Waals surface area contributed by atoms with Gasteiger partial charge in [0.2, 0.25) is 0 Å². The van der Waals surface area contributed by atoms with Crippen LogP contribution in [0.3, 0.4) is 0 Å². The van der Waals surface area contributed by atoms with Gasteiger partial charge in [-0.25, -0.2) is 0 Å². The third kappa shape index (κ3) is 4.68. The number of nitrogens with two attached hydrogens (primary N) is 2. The summed E-state index contributed by atoms with van der Waals surface area (Å²) in [5.41, 5.74) is 14.8. The minimum atomic E-state index is -3.25. The van der Waals surface area contributed by atoms with Crippen LogP contribution >= 0.6 is 7.59 Å². The predicted octanol–water partition coefficient (Wildman–Crippen LogP) is 4.60. The molecule has 6 nitrogen and oxygen atoms in total. The molecule has 0 aliphatic rings. The number of anilines is 5. The van der Waals surface area contributed by atoms with Crippen LogP contribution in [0.2, 0.25) is 0 Å². The van der Waals surface area contributed by atoms with Gasteiger partial charge in [-0.05, 0) is 60.7 Å². The highest BCUT2D eigenvalue weighted by Gasteiger charge is 2.22. The van der Waals surface area contributed by atoms with E-state index >= 15 is 0 Å². The average molecular weight is 353 g/mol. The van der Waals surface area contributed by atoms with Crippen LogP contribution in [0.15, 0.2) is 78.9 Å². The summed E-state index contributed by atoms with van der Waals surface area (Å²) >= 11 is 0. The maximum Gasteiger partial charge on any atom is 0.352 e. The Hall–Kier alpha value is -3.11. The molecule has 0 aromatic heterocycles. The Bertz CT molecular complexity index is 815. The minimum Gasteiger partial charge on any atom is -0.399 e. The molecule has 0 radical (unpaired) electrons. The van der Waals surface area contributed by atoms with Gasteiger partial charge < -0.3 is 26.7 Å². The van der Waals surface area contributed by atoms with E-state index in [0.29, 0.717) is 22.7 Å². The number of nitrogen functional groups attached to an aromatic ring is 2. The quantitative estimate of drug-likeness (QED) is 0.328. The predicted molar refractivity (Wildman–Crippen MR) is 107 cm³/mol. The lowest BCUT2D eigenvalue weighted by Gasteiger charge is -2.24. The lowest BCUT2D eigenvalue weighted by molar-refractivity contribution is 0.585. The number of hydrogen-bond donors (Lipinski definition) is 5. The second kappa shape index (κ2) is 7.20. The van der Waals surface area contributed by atoms with E-state index in [4.69, 9.17) is 11.5 Å². The number of benzene rings is 3. The van der Waals surface area contributed by atoms with Crippen LogP contribution in [0.25, 0.3) is 0 Å². The zero-order valence-corrected chi connectivity index (χ0v) is 14.4. The molecule has 0 aliphatic carbocycles. The molecule has 25 heavy (non-hydrogen) atoms. The molecule has 0 fully saturated rings. The molecular weight excluding hydrogens is 333 g/mol. The SMILES string of the molecule is Nc1ccc(NP(=O)(Nc2ccccc2)Nc2ccc(N)cc2)cc1. The lowest BCUT2D eigenvalue weighted by Crippen LogP contribution is -2.14. The van der Waals surface area contributed by atoms with Crippen molar-refractivity contribution < 1.29 is 4.57 Å². The van der Waals surface area contributed by atoms with Crippen molar-refractivity contribution in [2.75, 3.05) is 26.7 Å². The smallest absolute Gasteiger partial charge is 0.352 e. The van der Waals surface area contributed by atoms with Crippen LogP contribution in [0.1, 0.15) is 0 Å². The molecule has 3 rings (SSSR count). The maximum atomic E-state index is 13.5. The first kappa shape index (κ1) is 16.7. The van der Waals surface area contributed by atoms with Gasteiger partial charge >= 0.3 is 7.59 Å². The summed E-state index contributed by atoms with van der Waals surface area (Å²) in [6.45, 7) is 0. The van der Waals surface area contributed by atoms with Crippen LogP contribution in [-0.2, 0) is 4.57 Å². The molecule has 3 aromatic rings. The number of rotatable bonds is 6. The van der Waals surface area contributed by atoms with Gasteiger partial charge in [-0.3, -0.25) is 4.57 Å². The highest BCUT2D eigenvalue weighted by atomic mass is 31.2. The molecule has 0 saturated heterocycles. The van der Waals surface area contributed by atoms with E-state index in [9.17, 15) is 4.57 Å². The summed E-state index contributed by atoms with van der Waals surface area (Å²) in [6, 6.07) is 23.4. The fourth-order valence-corrected chi connectivity index (χ4v) is 3.96. The molecule has 0 unspecified atom stereocenters. The molecule has 3 aromatic carbocycles. The summed E-state index contributed by atoms with van der Waals surface area (Å²) in [4.78, 5) is 0. The normalized spacial score (nSPS) is 10.9. The lowest BCUT2D eigenvalue weighted by atomic mass is 10.3. The topological polar surface area (TPSA) is 105 Å². The van der Waals surface area contributed by atoms with Gasteiger partial charge in [0.25, 0.3) is 0 Å². The molecule has 7 heteroatoms. The van der Waals surface area contributed by atoms with E-state index in [1.165, 1.54) is 0 Å². The zero-order chi connectivity index (χ0) is 17.7. The first-order valence-corrected chi connectivity index (χ1v) is 9.44. The Balaban J connectivity index is 1.87. The molecule has 7 N–H and O–H groups in total. The Morgan fingerprint density at radius 1 is 0.560 bits per heavy atom. The van der Waals surface area contributed by atoms with E-state index in [1.54, 1.807) is 48.5 Å². The Morgan fingerprint density at radius 2 is 0.920 bits per heavy atom. The first-order valence-electron chi connectivity index (χ1n) is 7.73. The van der Waals surface area contributed by atoms with Gasteiger partial charge in [-0.1, -0.05) is 18.2 Å². The summed E-state index contributed by atoms with van der Waals surface area (Å²) in [5, 5.41) is 9.13. The average Bonchev–Trinajstić information content (AvgIpc) is 2.60.